The summed E-state index contributed by atoms with van der Waals surface area (Å²) in [5, 5.41) is 0. The van der Waals surface area contributed by atoms with Crippen molar-refractivity contribution in [2.24, 2.45) is 0 Å². The molecule has 1 aromatic rings. The summed E-state index contributed by atoms with van der Waals surface area (Å²) in [6, 6.07) is 9.39. The Bertz CT molecular complexity index is 477. The summed E-state index contributed by atoms with van der Waals surface area (Å²) < 4.78 is 0. The first kappa shape index (κ1) is 11.4. The molecule has 1 radical (unpaired) electrons. The standard InChI is InChI=1S/C13H12N2.Ir/c1-10-7-11-5-3-4-6-12(11)15-9-14(2)8-13(10)15;/h3-5,7-9H,1-2H3;/q-2;. The minimum absolute atomic E-state index is 0. The van der Waals surface area contributed by atoms with Gasteiger partial charge in [-0.3, -0.25) is 0 Å². The van der Waals surface area contributed by atoms with Crippen LogP contribution in [0.5, 0.6) is 0 Å². The minimum atomic E-state index is 0. The number of hydrogen-bond donors (Lipinski definition) is 0. The Morgan fingerprint density at radius 1 is 1.38 bits per heavy atom. The number of anilines is 1. The summed E-state index contributed by atoms with van der Waals surface area (Å²) in [6.45, 7) is 4.23. The first-order chi connectivity index (χ1) is 7.25. The van der Waals surface area contributed by atoms with Crippen LogP contribution in [0, 0.1) is 12.7 Å². The third kappa shape index (κ3) is 1.60. The Labute approximate surface area is 110 Å². The smallest absolute Gasteiger partial charge is 0.0269 e. The second-order valence-electron chi connectivity index (χ2n) is 3.97. The van der Waals surface area contributed by atoms with Crippen molar-refractivity contribution in [1.82, 2.24) is 4.90 Å². The molecule has 16 heavy (non-hydrogen) atoms. The molecule has 2 nitrogen and oxygen atoms in total. The largest absolute Gasteiger partial charge is 0.510 e. The molecular formula is C13H12IrN2-2. The van der Waals surface area contributed by atoms with Crippen LogP contribution in [-0.2, 0) is 20.1 Å². The average Bonchev–Trinajstić information content (AvgIpc) is 2.61. The van der Waals surface area contributed by atoms with Gasteiger partial charge in [0.15, 0.2) is 0 Å². The van der Waals surface area contributed by atoms with Gasteiger partial charge in [-0.15, -0.1) is 11.6 Å². The molecule has 3 heteroatoms. The van der Waals surface area contributed by atoms with E-state index in [1.165, 1.54) is 16.8 Å². The van der Waals surface area contributed by atoms with Crippen molar-refractivity contribution < 1.29 is 20.1 Å². The van der Waals surface area contributed by atoms with Gasteiger partial charge in [0.1, 0.15) is 0 Å². The van der Waals surface area contributed by atoms with Crippen molar-refractivity contribution in [3.05, 3.63) is 54.0 Å². The SMILES string of the molecule is CC1=Cc2ccc[c-]c2N2[CH-]N(C)C=C12.[Ir]. The molecule has 0 saturated heterocycles. The molecule has 0 bridgehead atoms. The van der Waals surface area contributed by atoms with Crippen molar-refractivity contribution in [1.29, 1.82) is 0 Å². The molecule has 2 heterocycles. The molecule has 0 atom stereocenters. The number of para-hydroxylation sites is 1. The van der Waals surface area contributed by atoms with Crippen LogP contribution in [0.3, 0.4) is 0 Å². The molecular weight excluding hydrogens is 376 g/mol. The van der Waals surface area contributed by atoms with E-state index in [2.05, 4.69) is 47.8 Å². The normalized spacial score (nSPS) is 17.1. The predicted octanol–water partition coefficient (Wildman–Crippen LogP) is 2.61. The number of benzene rings is 1. The fraction of sp³-hybridized carbons (Fsp3) is 0.154. The number of nitrogens with zero attached hydrogens (tertiary/aromatic N) is 2. The van der Waals surface area contributed by atoms with Gasteiger partial charge in [0.2, 0.25) is 0 Å². The summed E-state index contributed by atoms with van der Waals surface area (Å²) in [6.07, 6.45) is 4.34. The Kier molecular flexibility index (Phi) is 2.91. The molecule has 3 rings (SSSR count). The van der Waals surface area contributed by atoms with Crippen molar-refractivity contribution in [3.63, 3.8) is 0 Å². The monoisotopic (exact) mass is 389 g/mol. The first-order valence-corrected chi connectivity index (χ1v) is 5.03. The van der Waals surface area contributed by atoms with Crippen LogP contribution in [0.25, 0.3) is 6.08 Å². The first-order valence-electron chi connectivity index (χ1n) is 5.03. The van der Waals surface area contributed by atoms with Gasteiger partial charge in [0.05, 0.1) is 0 Å². The molecule has 0 unspecified atom stereocenters. The molecule has 0 spiro atoms. The van der Waals surface area contributed by atoms with E-state index < -0.39 is 0 Å². The van der Waals surface area contributed by atoms with E-state index in [9.17, 15) is 0 Å². The Morgan fingerprint density at radius 2 is 2.19 bits per heavy atom. The molecule has 2 aliphatic heterocycles. The zero-order valence-electron chi connectivity index (χ0n) is 9.19. The van der Waals surface area contributed by atoms with Gasteiger partial charge in [-0.25, -0.2) is 0 Å². The zero-order chi connectivity index (χ0) is 10.4. The topological polar surface area (TPSA) is 6.48 Å². The van der Waals surface area contributed by atoms with Gasteiger partial charge >= 0.3 is 0 Å². The van der Waals surface area contributed by atoms with E-state index in [1.54, 1.807) is 0 Å². The predicted molar refractivity (Wildman–Crippen MR) is 61.6 cm³/mol. The molecule has 0 fully saturated rings. The number of hydrogen-bond acceptors (Lipinski definition) is 2. The van der Waals surface area contributed by atoms with Crippen LogP contribution in [0.4, 0.5) is 5.69 Å². The van der Waals surface area contributed by atoms with Gasteiger partial charge in [0.25, 0.3) is 0 Å². The van der Waals surface area contributed by atoms with Gasteiger partial charge in [-0.1, -0.05) is 5.69 Å². The Balaban J connectivity index is 0.000000963. The third-order valence-corrected chi connectivity index (χ3v) is 2.77. The van der Waals surface area contributed by atoms with Crippen LogP contribution in [0.15, 0.2) is 35.7 Å². The van der Waals surface area contributed by atoms with E-state index in [0.29, 0.717) is 0 Å². The molecule has 0 amide bonds. The van der Waals surface area contributed by atoms with Gasteiger partial charge in [-0.05, 0) is 25.7 Å². The second kappa shape index (κ2) is 4.08. The van der Waals surface area contributed by atoms with E-state index in [1.807, 2.05) is 19.2 Å². The number of allylic oxidation sites excluding steroid dienone is 1. The van der Waals surface area contributed by atoms with Crippen LogP contribution >= 0.6 is 0 Å². The van der Waals surface area contributed by atoms with Crippen molar-refractivity contribution in [3.8, 4) is 0 Å². The Morgan fingerprint density at radius 3 is 3.00 bits per heavy atom. The maximum absolute atomic E-state index is 3.28. The number of fused-ring (bicyclic) bond motifs is 3. The van der Waals surface area contributed by atoms with Crippen LogP contribution < -0.4 is 4.90 Å². The fourth-order valence-corrected chi connectivity index (χ4v) is 2.08. The van der Waals surface area contributed by atoms with Crippen molar-refractivity contribution >= 4 is 11.8 Å². The van der Waals surface area contributed by atoms with Crippen LogP contribution in [0.1, 0.15) is 12.5 Å². The van der Waals surface area contributed by atoms with Crippen molar-refractivity contribution in [2.75, 3.05) is 11.9 Å². The maximum atomic E-state index is 3.28. The quantitative estimate of drug-likeness (QED) is 0.631. The third-order valence-electron chi connectivity index (χ3n) is 2.77. The maximum Gasteiger partial charge on any atom is 0.0269 e. The molecule has 0 aliphatic carbocycles. The fourth-order valence-electron chi connectivity index (χ4n) is 2.08. The summed E-state index contributed by atoms with van der Waals surface area (Å²) >= 11 is 0. The molecule has 0 saturated carbocycles. The summed E-state index contributed by atoms with van der Waals surface area (Å²) in [5.41, 5.74) is 4.91. The summed E-state index contributed by atoms with van der Waals surface area (Å²) in [5.74, 6) is 0. The van der Waals surface area contributed by atoms with E-state index in [4.69, 9.17) is 0 Å². The van der Waals surface area contributed by atoms with Gasteiger partial charge in [-0.2, -0.15) is 30.9 Å². The zero-order valence-corrected chi connectivity index (χ0v) is 11.6. The molecule has 1 aromatic carbocycles. The van der Waals surface area contributed by atoms with Crippen LogP contribution in [0.2, 0.25) is 0 Å². The Hall–Kier alpha value is -1.05. The average molecular weight is 388 g/mol. The van der Waals surface area contributed by atoms with E-state index >= 15 is 0 Å². The molecule has 0 N–H and O–H groups in total. The number of rotatable bonds is 0. The summed E-state index contributed by atoms with van der Waals surface area (Å²) in [7, 11) is 2.04. The minimum Gasteiger partial charge on any atom is -0.510 e. The molecule has 85 valence electrons. The summed E-state index contributed by atoms with van der Waals surface area (Å²) in [4.78, 5) is 4.26. The second-order valence-corrected chi connectivity index (χ2v) is 3.97. The molecule has 0 aromatic heterocycles. The van der Waals surface area contributed by atoms with E-state index in [0.717, 1.165) is 5.69 Å². The van der Waals surface area contributed by atoms with Crippen LogP contribution in [-0.4, -0.2) is 11.9 Å². The van der Waals surface area contributed by atoms with Gasteiger partial charge < -0.3 is 9.80 Å². The van der Waals surface area contributed by atoms with E-state index in [-0.39, 0.29) is 20.1 Å². The van der Waals surface area contributed by atoms with Gasteiger partial charge in [0, 0.05) is 25.8 Å². The molecule has 2 aliphatic rings. The van der Waals surface area contributed by atoms with Crippen molar-refractivity contribution in [2.45, 2.75) is 6.92 Å².